The van der Waals surface area contributed by atoms with Crippen LogP contribution < -0.4 is 10.6 Å². The van der Waals surface area contributed by atoms with Crippen molar-refractivity contribution in [1.29, 1.82) is 0 Å². The minimum atomic E-state index is 0.233. The molecule has 0 bridgehead atoms. The van der Waals surface area contributed by atoms with Crippen LogP contribution in [0.5, 0.6) is 0 Å². The van der Waals surface area contributed by atoms with E-state index in [9.17, 15) is 0 Å². The average Bonchev–Trinajstić information content (AvgIpc) is 2.47. The molecule has 1 heterocycles. The third-order valence-electron chi connectivity index (χ3n) is 4.30. The maximum atomic E-state index is 4.34. The Labute approximate surface area is 135 Å². The highest BCUT2D eigenvalue weighted by molar-refractivity contribution is 7.99. The van der Waals surface area contributed by atoms with Gasteiger partial charge in [-0.1, -0.05) is 0 Å². The van der Waals surface area contributed by atoms with E-state index < -0.39 is 0 Å². The van der Waals surface area contributed by atoms with Gasteiger partial charge in [0, 0.05) is 37.5 Å². The predicted molar refractivity (Wildman–Crippen MR) is 96.4 cm³/mol. The molecule has 1 saturated heterocycles. The van der Waals surface area contributed by atoms with Crippen LogP contribution in [0.1, 0.15) is 40.5 Å². The van der Waals surface area contributed by atoms with Crippen LogP contribution in [0.2, 0.25) is 0 Å². The van der Waals surface area contributed by atoms with Gasteiger partial charge in [-0.05, 0) is 59.3 Å². The summed E-state index contributed by atoms with van der Waals surface area (Å²) in [6, 6.07) is 0.660. The molecule has 0 aromatic heterocycles. The van der Waals surface area contributed by atoms with Crippen molar-refractivity contribution in [3.8, 4) is 0 Å². The smallest absolute Gasteiger partial charge is 0.191 e. The Balaban J connectivity index is 2.35. The Bertz CT molecular complexity index is 328. The van der Waals surface area contributed by atoms with E-state index in [4.69, 9.17) is 0 Å². The van der Waals surface area contributed by atoms with E-state index in [1.54, 1.807) is 0 Å². The van der Waals surface area contributed by atoms with Crippen LogP contribution in [-0.2, 0) is 0 Å². The predicted octanol–water partition coefficient (Wildman–Crippen LogP) is 2.41. The molecule has 2 N–H and O–H groups in total. The lowest BCUT2D eigenvalue weighted by molar-refractivity contribution is 0.141. The zero-order valence-corrected chi connectivity index (χ0v) is 15.5. The average molecular weight is 315 g/mol. The molecule has 0 spiro atoms. The van der Waals surface area contributed by atoms with Gasteiger partial charge in [0.1, 0.15) is 0 Å². The molecule has 1 aliphatic heterocycles. The lowest BCUT2D eigenvalue weighted by Gasteiger charge is -2.35. The summed E-state index contributed by atoms with van der Waals surface area (Å²) in [5, 5.41) is 6.94. The second-order valence-corrected chi connectivity index (χ2v) is 8.38. The Morgan fingerprint density at radius 3 is 2.67 bits per heavy atom. The van der Waals surface area contributed by atoms with Crippen molar-refractivity contribution < 1.29 is 0 Å². The van der Waals surface area contributed by atoms with Gasteiger partial charge < -0.3 is 15.5 Å². The normalized spacial score (nSPS) is 21.7. The number of hydrogen-bond donors (Lipinski definition) is 2. The molecule has 1 aliphatic rings. The molecule has 1 unspecified atom stereocenters. The minimum absolute atomic E-state index is 0.233. The number of nitrogens with one attached hydrogen (secondary N) is 2. The van der Waals surface area contributed by atoms with E-state index in [-0.39, 0.29) is 4.75 Å². The van der Waals surface area contributed by atoms with Crippen molar-refractivity contribution in [2.24, 2.45) is 10.9 Å². The van der Waals surface area contributed by atoms with Gasteiger partial charge in [-0.25, -0.2) is 0 Å². The minimum Gasteiger partial charge on any atom is -0.356 e. The maximum absolute atomic E-state index is 4.34. The van der Waals surface area contributed by atoms with Crippen molar-refractivity contribution in [1.82, 2.24) is 15.5 Å². The summed E-state index contributed by atoms with van der Waals surface area (Å²) < 4.78 is 0.233. The third-order valence-corrected chi connectivity index (χ3v) is 5.55. The second kappa shape index (κ2) is 8.89. The van der Waals surface area contributed by atoms with E-state index >= 15 is 0 Å². The molecule has 0 aromatic carbocycles. The summed E-state index contributed by atoms with van der Waals surface area (Å²) in [5.41, 5.74) is 0. The van der Waals surface area contributed by atoms with Gasteiger partial charge in [0.15, 0.2) is 5.96 Å². The first kappa shape index (κ1) is 18.6. The van der Waals surface area contributed by atoms with Gasteiger partial charge in [-0.15, -0.1) is 0 Å². The van der Waals surface area contributed by atoms with E-state index in [0.717, 1.165) is 25.0 Å². The van der Waals surface area contributed by atoms with Crippen LogP contribution in [-0.4, -0.2) is 61.1 Å². The number of likely N-dealkylation sites (tertiary alicyclic amines) is 1. The molecule has 21 heavy (non-hydrogen) atoms. The lowest BCUT2D eigenvalue weighted by atomic mass is 9.97. The van der Waals surface area contributed by atoms with E-state index in [0.29, 0.717) is 6.04 Å². The molecule has 0 saturated carbocycles. The number of guanidine groups is 1. The quantitative estimate of drug-likeness (QED) is 0.583. The third kappa shape index (κ3) is 6.92. The van der Waals surface area contributed by atoms with Crippen molar-refractivity contribution in [3.05, 3.63) is 0 Å². The van der Waals surface area contributed by atoms with Crippen molar-refractivity contribution in [3.63, 3.8) is 0 Å². The molecule has 4 nitrogen and oxygen atoms in total. The fourth-order valence-electron chi connectivity index (χ4n) is 2.56. The Morgan fingerprint density at radius 1 is 1.38 bits per heavy atom. The zero-order valence-electron chi connectivity index (χ0n) is 14.7. The summed E-state index contributed by atoms with van der Waals surface area (Å²) >= 11 is 1.88. The molecule has 5 heteroatoms. The first-order valence-electron chi connectivity index (χ1n) is 8.11. The van der Waals surface area contributed by atoms with Crippen molar-refractivity contribution in [2.45, 2.75) is 51.3 Å². The summed E-state index contributed by atoms with van der Waals surface area (Å²) in [5.74, 6) is 1.66. The van der Waals surface area contributed by atoms with Gasteiger partial charge in [-0.2, -0.15) is 11.8 Å². The molecule has 0 amide bonds. The number of nitrogens with zero attached hydrogens (tertiary/aromatic N) is 2. The fourth-order valence-corrected chi connectivity index (χ4v) is 2.78. The van der Waals surface area contributed by atoms with Crippen LogP contribution in [0, 0.1) is 5.92 Å². The van der Waals surface area contributed by atoms with E-state index in [1.165, 1.54) is 25.9 Å². The molecule has 0 aliphatic carbocycles. The largest absolute Gasteiger partial charge is 0.356 e. The zero-order chi connectivity index (χ0) is 15.9. The highest BCUT2D eigenvalue weighted by Gasteiger charge is 2.22. The van der Waals surface area contributed by atoms with Crippen molar-refractivity contribution in [2.75, 3.05) is 39.5 Å². The monoisotopic (exact) mass is 314 g/mol. The topological polar surface area (TPSA) is 39.7 Å². The molecular weight excluding hydrogens is 280 g/mol. The lowest BCUT2D eigenvalue weighted by Crippen LogP contribution is -2.47. The SMILES string of the molecule is CN=C(NCC1CCCN(C(C)C)C1)NCC(C)(C)SC. The number of aliphatic imine (C=N–C) groups is 1. The van der Waals surface area contributed by atoms with Crippen molar-refractivity contribution >= 4 is 17.7 Å². The van der Waals surface area contributed by atoms with Crippen LogP contribution in [0.25, 0.3) is 0 Å². The molecule has 124 valence electrons. The highest BCUT2D eigenvalue weighted by atomic mass is 32.2. The van der Waals surface area contributed by atoms with Gasteiger partial charge in [0.25, 0.3) is 0 Å². The van der Waals surface area contributed by atoms with Gasteiger partial charge in [-0.3, -0.25) is 4.99 Å². The van der Waals surface area contributed by atoms with E-state index in [1.807, 2.05) is 18.8 Å². The van der Waals surface area contributed by atoms with Crippen LogP contribution in [0.4, 0.5) is 0 Å². The molecule has 0 aromatic rings. The Morgan fingerprint density at radius 2 is 2.10 bits per heavy atom. The summed E-state index contributed by atoms with van der Waals surface area (Å²) in [4.78, 5) is 6.92. The standard InChI is InChI=1S/C16H34N4S/c1-13(2)20-9-7-8-14(11-20)10-18-15(17-5)19-12-16(3,4)21-6/h13-14H,7-12H2,1-6H3,(H2,17,18,19). The molecule has 1 atom stereocenters. The van der Waals surface area contributed by atoms with Crippen LogP contribution in [0.3, 0.4) is 0 Å². The first-order chi connectivity index (χ1) is 9.88. The fraction of sp³-hybridized carbons (Fsp3) is 0.938. The molecular formula is C16H34N4S. The molecule has 1 rings (SSSR count). The van der Waals surface area contributed by atoms with Gasteiger partial charge in [0.05, 0.1) is 0 Å². The second-order valence-electron chi connectivity index (χ2n) is 6.87. The summed E-state index contributed by atoms with van der Waals surface area (Å²) in [6.45, 7) is 13.5. The Hall–Kier alpha value is -0.420. The number of rotatable bonds is 6. The highest BCUT2D eigenvalue weighted by Crippen LogP contribution is 2.19. The van der Waals surface area contributed by atoms with Gasteiger partial charge >= 0.3 is 0 Å². The van der Waals surface area contributed by atoms with E-state index in [2.05, 4.69) is 54.5 Å². The van der Waals surface area contributed by atoms with Gasteiger partial charge in [0.2, 0.25) is 0 Å². The number of piperidine rings is 1. The molecule has 1 fully saturated rings. The first-order valence-corrected chi connectivity index (χ1v) is 9.34. The van der Waals surface area contributed by atoms with Crippen LogP contribution in [0.15, 0.2) is 4.99 Å². The summed E-state index contributed by atoms with van der Waals surface area (Å²) in [7, 11) is 1.85. The van der Waals surface area contributed by atoms with Crippen LogP contribution >= 0.6 is 11.8 Å². The number of thioether (sulfide) groups is 1. The maximum Gasteiger partial charge on any atom is 0.191 e. The number of hydrogen-bond acceptors (Lipinski definition) is 3. The summed E-state index contributed by atoms with van der Waals surface area (Å²) in [6.07, 6.45) is 4.79. The molecule has 0 radical (unpaired) electrons. The Kier molecular flexibility index (Phi) is 7.88.